The molecule has 0 saturated carbocycles. The average Bonchev–Trinajstić information content (AvgIpc) is 3.08. The largest absolute Gasteiger partial charge is 0.468 e. The molecule has 1 atom stereocenters. The average molecular weight is 440 g/mol. The van der Waals surface area contributed by atoms with E-state index in [1.165, 1.54) is 7.11 Å². The highest BCUT2D eigenvalue weighted by atomic mass is 35.5. The highest BCUT2D eigenvalue weighted by molar-refractivity contribution is 6.31. The van der Waals surface area contributed by atoms with Crippen LogP contribution < -0.4 is 0 Å². The second kappa shape index (κ2) is 8.73. The molecule has 4 rings (SSSR count). The molecule has 0 spiro atoms. The van der Waals surface area contributed by atoms with Crippen LogP contribution in [-0.4, -0.2) is 59.9 Å². The van der Waals surface area contributed by atoms with Gasteiger partial charge >= 0.3 is 5.97 Å². The van der Waals surface area contributed by atoms with Gasteiger partial charge in [-0.05, 0) is 49.2 Å². The molecule has 1 N–H and O–H groups in total. The van der Waals surface area contributed by atoms with Crippen molar-refractivity contribution < 1.29 is 14.3 Å². The maximum atomic E-state index is 13.1. The fourth-order valence-corrected chi connectivity index (χ4v) is 4.48. The third-order valence-electron chi connectivity index (χ3n) is 6.15. The summed E-state index contributed by atoms with van der Waals surface area (Å²) in [6, 6.07) is 12.5. The Morgan fingerprint density at radius 1 is 1.06 bits per heavy atom. The molecule has 0 aliphatic carbocycles. The molecule has 1 fully saturated rings. The van der Waals surface area contributed by atoms with Crippen molar-refractivity contribution in [3.05, 3.63) is 69.9 Å². The zero-order valence-corrected chi connectivity index (χ0v) is 18.7. The van der Waals surface area contributed by atoms with Gasteiger partial charge in [-0.3, -0.25) is 9.69 Å². The van der Waals surface area contributed by atoms with Gasteiger partial charge in [-0.15, -0.1) is 0 Å². The zero-order chi connectivity index (χ0) is 22.1. The van der Waals surface area contributed by atoms with Gasteiger partial charge in [-0.25, -0.2) is 4.79 Å². The molecule has 3 aromatic rings. The van der Waals surface area contributed by atoms with E-state index in [1.54, 1.807) is 6.07 Å². The van der Waals surface area contributed by atoms with Crippen molar-refractivity contribution in [2.75, 3.05) is 33.3 Å². The standard InChI is InChI=1S/C24H26ClN3O3/c1-15-16(2)26-21-9-8-17(14-19(15)21)23(29)28-12-10-27(11-13-28)22(24(30)31-3)18-6-4-5-7-20(18)25/h4-9,14,22,26H,10-13H2,1-3H3/t22-/m0/s1. The van der Waals surface area contributed by atoms with E-state index in [0.29, 0.717) is 36.8 Å². The van der Waals surface area contributed by atoms with Crippen molar-refractivity contribution in [1.29, 1.82) is 0 Å². The molecule has 1 amide bonds. The lowest BCUT2D eigenvalue weighted by Gasteiger charge is -2.38. The minimum atomic E-state index is -0.585. The molecule has 31 heavy (non-hydrogen) atoms. The van der Waals surface area contributed by atoms with Crippen LogP contribution in [0.1, 0.15) is 33.2 Å². The molecular weight excluding hydrogens is 414 g/mol. The predicted molar refractivity (Wildman–Crippen MR) is 121 cm³/mol. The van der Waals surface area contributed by atoms with Crippen LogP contribution in [-0.2, 0) is 9.53 Å². The molecule has 1 aliphatic heterocycles. The van der Waals surface area contributed by atoms with E-state index in [1.807, 2.05) is 53.1 Å². The first-order valence-corrected chi connectivity index (χ1v) is 10.7. The summed E-state index contributed by atoms with van der Waals surface area (Å²) < 4.78 is 5.05. The Morgan fingerprint density at radius 2 is 1.77 bits per heavy atom. The maximum Gasteiger partial charge on any atom is 0.327 e. The van der Waals surface area contributed by atoms with Crippen LogP contribution in [0.3, 0.4) is 0 Å². The van der Waals surface area contributed by atoms with E-state index < -0.39 is 6.04 Å². The Kier molecular flexibility index (Phi) is 6.03. The number of nitrogens with zero attached hydrogens (tertiary/aromatic N) is 2. The highest BCUT2D eigenvalue weighted by Gasteiger charge is 2.33. The number of benzene rings is 2. The minimum Gasteiger partial charge on any atom is -0.468 e. The summed E-state index contributed by atoms with van der Waals surface area (Å²) in [5, 5.41) is 1.60. The van der Waals surface area contributed by atoms with E-state index in [0.717, 1.165) is 27.7 Å². The molecule has 2 heterocycles. The highest BCUT2D eigenvalue weighted by Crippen LogP contribution is 2.30. The lowest BCUT2D eigenvalue weighted by Crippen LogP contribution is -2.51. The maximum absolute atomic E-state index is 13.1. The minimum absolute atomic E-state index is 0.00663. The number of ether oxygens (including phenoxy) is 1. The van der Waals surface area contributed by atoms with Crippen molar-refractivity contribution in [3.63, 3.8) is 0 Å². The molecule has 162 valence electrons. The molecule has 1 aliphatic rings. The van der Waals surface area contributed by atoms with Gasteiger partial charge < -0.3 is 14.6 Å². The Morgan fingerprint density at radius 3 is 2.45 bits per heavy atom. The number of rotatable bonds is 4. The number of halogens is 1. The summed E-state index contributed by atoms with van der Waals surface area (Å²) in [6.07, 6.45) is 0. The van der Waals surface area contributed by atoms with Gasteiger partial charge in [-0.2, -0.15) is 0 Å². The molecule has 0 bridgehead atoms. The number of hydrogen-bond donors (Lipinski definition) is 1. The Hall–Kier alpha value is -2.83. The van der Waals surface area contributed by atoms with Gasteiger partial charge in [0.05, 0.1) is 7.11 Å². The molecule has 2 aromatic carbocycles. The monoisotopic (exact) mass is 439 g/mol. The van der Waals surface area contributed by atoms with Gasteiger partial charge in [0.2, 0.25) is 0 Å². The van der Waals surface area contributed by atoms with Crippen molar-refractivity contribution in [3.8, 4) is 0 Å². The van der Waals surface area contributed by atoms with Crippen molar-refractivity contribution in [2.24, 2.45) is 0 Å². The summed E-state index contributed by atoms with van der Waals surface area (Å²) in [7, 11) is 1.38. The van der Waals surface area contributed by atoms with Crippen molar-refractivity contribution >= 4 is 34.4 Å². The number of fused-ring (bicyclic) bond motifs is 1. The van der Waals surface area contributed by atoms with Crippen LogP contribution in [0.4, 0.5) is 0 Å². The van der Waals surface area contributed by atoms with E-state index in [-0.39, 0.29) is 11.9 Å². The number of nitrogens with one attached hydrogen (secondary N) is 1. The number of aromatic amines is 1. The SMILES string of the molecule is COC(=O)[C@H](c1ccccc1Cl)N1CCN(C(=O)c2ccc3[nH]c(C)c(C)c3c2)CC1. The van der Waals surface area contributed by atoms with Crippen LogP contribution in [0, 0.1) is 13.8 Å². The molecule has 1 saturated heterocycles. The lowest BCUT2D eigenvalue weighted by atomic mass is 10.0. The van der Waals surface area contributed by atoms with Gasteiger partial charge in [0.1, 0.15) is 6.04 Å². The molecule has 0 unspecified atom stereocenters. The second-order valence-electron chi connectivity index (χ2n) is 7.91. The first kappa shape index (κ1) is 21.4. The summed E-state index contributed by atoms with van der Waals surface area (Å²) in [6.45, 7) is 6.26. The van der Waals surface area contributed by atoms with Crippen molar-refractivity contribution in [1.82, 2.24) is 14.8 Å². The number of hydrogen-bond acceptors (Lipinski definition) is 4. The van der Waals surface area contributed by atoms with Crippen LogP contribution >= 0.6 is 11.6 Å². The van der Waals surface area contributed by atoms with Crippen molar-refractivity contribution in [2.45, 2.75) is 19.9 Å². The Bertz CT molecular complexity index is 1130. The second-order valence-corrected chi connectivity index (χ2v) is 8.32. The number of esters is 1. The van der Waals surface area contributed by atoms with Gasteiger partial charge in [0.15, 0.2) is 0 Å². The normalized spacial score (nSPS) is 15.8. The van der Waals surface area contributed by atoms with Gasteiger partial charge in [0.25, 0.3) is 5.91 Å². The molecule has 0 radical (unpaired) electrons. The van der Waals surface area contributed by atoms with E-state index in [4.69, 9.17) is 16.3 Å². The third-order valence-corrected chi connectivity index (χ3v) is 6.49. The third kappa shape index (κ3) is 4.05. The smallest absolute Gasteiger partial charge is 0.327 e. The first-order chi connectivity index (χ1) is 14.9. The van der Waals surface area contributed by atoms with Gasteiger partial charge in [0, 0.05) is 53.4 Å². The Labute approximate surface area is 186 Å². The van der Waals surface area contributed by atoms with Crippen LogP contribution in [0.2, 0.25) is 5.02 Å². The number of amides is 1. The zero-order valence-electron chi connectivity index (χ0n) is 17.9. The fourth-order valence-electron chi connectivity index (χ4n) is 4.24. The summed E-state index contributed by atoms with van der Waals surface area (Å²) in [5.41, 5.74) is 4.71. The van der Waals surface area contributed by atoms with Crippen LogP contribution in [0.25, 0.3) is 10.9 Å². The van der Waals surface area contributed by atoms with E-state index in [9.17, 15) is 9.59 Å². The quantitative estimate of drug-likeness (QED) is 0.621. The number of methoxy groups -OCH3 is 1. The topological polar surface area (TPSA) is 65.6 Å². The predicted octanol–water partition coefficient (Wildman–Crippen LogP) is 4.11. The number of piperazine rings is 1. The van der Waals surface area contributed by atoms with Crippen LogP contribution in [0.5, 0.6) is 0 Å². The van der Waals surface area contributed by atoms with Crippen LogP contribution in [0.15, 0.2) is 42.5 Å². The summed E-state index contributed by atoms with van der Waals surface area (Å²) >= 11 is 6.36. The molecular formula is C24H26ClN3O3. The first-order valence-electron chi connectivity index (χ1n) is 10.3. The number of aromatic nitrogens is 1. The summed E-state index contributed by atoms with van der Waals surface area (Å²) in [5.74, 6) is -0.344. The fraction of sp³-hybridized carbons (Fsp3) is 0.333. The molecule has 7 heteroatoms. The van der Waals surface area contributed by atoms with E-state index >= 15 is 0 Å². The number of carbonyl (C=O) groups excluding carboxylic acids is 2. The molecule has 6 nitrogen and oxygen atoms in total. The van der Waals surface area contributed by atoms with E-state index in [2.05, 4.69) is 11.9 Å². The lowest BCUT2D eigenvalue weighted by molar-refractivity contribution is -0.148. The Balaban J connectivity index is 1.51. The molecule has 1 aromatic heterocycles. The van der Waals surface area contributed by atoms with Gasteiger partial charge in [-0.1, -0.05) is 29.8 Å². The summed E-state index contributed by atoms with van der Waals surface area (Å²) in [4.78, 5) is 32.9. The number of H-pyrrole nitrogens is 1. The number of carbonyl (C=O) groups is 2. The number of aryl methyl sites for hydroxylation is 2.